The largest absolute Gasteiger partial charge is 0.299 e. The fourth-order valence-electron chi connectivity index (χ4n) is 1.08. The van der Waals surface area contributed by atoms with Crippen molar-refractivity contribution in [3.05, 3.63) is 0 Å². The Morgan fingerprint density at radius 1 is 1.29 bits per heavy atom. The highest BCUT2D eigenvalue weighted by atomic mass is 32.2. The fraction of sp³-hybridized carbons (Fsp3) is 0.900. The first kappa shape index (κ1) is 13.6. The quantitative estimate of drug-likeness (QED) is 0.657. The number of hydrogen-bond acceptors (Lipinski definition) is 3. The van der Waals surface area contributed by atoms with Crippen LogP contribution >= 0.6 is 0 Å². The molecule has 0 heterocycles. The maximum Gasteiger partial charge on any atom is 0.150 e. The second kappa shape index (κ2) is 6.17. The molecule has 0 spiro atoms. The van der Waals surface area contributed by atoms with Gasteiger partial charge in [0.2, 0.25) is 0 Å². The molecule has 4 heteroatoms. The summed E-state index contributed by atoms with van der Waals surface area (Å²) in [6, 6.07) is 0. The first-order chi connectivity index (χ1) is 6.43. The van der Waals surface area contributed by atoms with Gasteiger partial charge in [-0.1, -0.05) is 20.8 Å². The van der Waals surface area contributed by atoms with E-state index in [9.17, 15) is 13.2 Å². The molecule has 0 aliphatic rings. The fourth-order valence-corrected chi connectivity index (χ4v) is 1.96. The molecule has 0 bridgehead atoms. The van der Waals surface area contributed by atoms with Crippen molar-refractivity contribution in [2.24, 2.45) is 5.92 Å². The minimum Gasteiger partial charge on any atom is -0.299 e. The van der Waals surface area contributed by atoms with Crippen LogP contribution < -0.4 is 0 Å². The molecule has 0 saturated heterocycles. The summed E-state index contributed by atoms with van der Waals surface area (Å²) in [5.41, 5.74) is 0. The molecule has 0 aromatic carbocycles. The predicted molar refractivity (Wildman–Crippen MR) is 58.0 cm³/mol. The second-order valence-electron chi connectivity index (χ2n) is 3.62. The van der Waals surface area contributed by atoms with Crippen LogP contribution in [0.5, 0.6) is 0 Å². The van der Waals surface area contributed by atoms with E-state index < -0.39 is 9.84 Å². The Hall–Kier alpha value is -0.380. The maximum atomic E-state index is 11.4. The molecule has 0 fully saturated rings. The van der Waals surface area contributed by atoms with Gasteiger partial charge in [0.15, 0.2) is 0 Å². The van der Waals surface area contributed by atoms with E-state index in [1.54, 1.807) is 6.92 Å². The van der Waals surface area contributed by atoms with E-state index in [0.29, 0.717) is 12.8 Å². The topological polar surface area (TPSA) is 51.2 Å². The molecule has 0 aliphatic carbocycles. The number of sulfone groups is 1. The summed E-state index contributed by atoms with van der Waals surface area (Å²) >= 11 is 0. The van der Waals surface area contributed by atoms with Crippen molar-refractivity contribution >= 4 is 15.6 Å². The average Bonchev–Trinajstić information content (AvgIpc) is 2.16. The number of rotatable bonds is 7. The molecule has 0 radical (unpaired) electrons. The molecule has 3 nitrogen and oxygen atoms in total. The van der Waals surface area contributed by atoms with Gasteiger partial charge in [0.1, 0.15) is 15.6 Å². The summed E-state index contributed by atoms with van der Waals surface area (Å²) in [4.78, 5) is 11.4. The van der Waals surface area contributed by atoms with Crippen LogP contribution in [0.25, 0.3) is 0 Å². The Morgan fingerprint density at radius 2 is 1.86 bits per heavy atom. The minimum atomic E-state index is -2.90. The zero-order chi connectivity index (χ0) is 11.2. The Bertz CT molecular complexity index is 267. The molecule has 84 valence electrons. The van der Waals surface area contributed by atoms with Gasteiger partial charge in [-0.05, 0) is 12.8 Å². The summed E-state index contributed by atoms with van der Waals surface area (Å²) in [5, 5.41) is 0. The third kappa shape index (κ3) is 5.37. The molecule has 0 amide bonds. The van der Waals surface area contributed by atoms with E-state index in [-0.39, 0.29) is 23.2 Å². The highest BCUT2D eigenvalue weighted by Gasteiger charge is 2.12. The summed E-state index contributed by atoms with van der Waals surface area (Å²) < 4.78 is 22.2. The molecule has 0 rings (SSSR count). The molecule has 0 aliphatic heterocycles. The normalized spacial score (nSPS) is 13.9. The summed E-state index contributed by atoms with van der Waals surface area (Å²) in [5.74, 6) is 0.564. The summed E-state index contributed by atoms with van der Waals surface area (Å²) in [6.07, 6.45) is 1.70. The minimum absolute atomic E-state index is 0.0688. The SMILES string of the molecule is CCC(C)C(=O)CCCS(=O)(=O)CC. The average molecular weight is 220 g/mol. The predicted octanol–water partition coefficient (Wildman–Crippen LogP) is 1.82. The lowest BCUT2D eigenvalue weighted by molar-refractivity contribution is -0.122. The summed E-state index contributed by atoms with van der Waals surface area (Å²) in [6.45, 7) is 5.48. The van der Waals surface area contributed by atoms with Gasteiger partial charge in [-0.15, -0.1) is 0 Å². The molecule has 0 N–H and O–H groups in total. The Morgan fingerprint density at radius 3 is 2.29 bits per heavy atom. The Balaban J connectivity index is 3.81. The second-order valence-corrected chi connectivity index (χ2v) is 6.09. The van der Waals surface area contributed by atoms with Crippen LogP contribution in [0.1, 0.15) is 40.0 Å². The van der Waals surface area contributed by atoms with Gasteiger partial charge >= 0.3 is 0 Å². The van der Waals surface area contributed by atoms with Gasteiger partial charge < -0.3 is 0 Å². The van der Waals surface area contributed by atoms with Gasteiger partial charge in [0, 0.05) is 18.1 Å². The van der Waals surface area contributed by atoms with E-state index in [1.807, 2.05) is 13.8 Å². The first-order valence-electron chi connectivity index (χ1n) is 5.16. The molecule has 0 aromatic heterocycles. The number of Topliss-reactive ketones (excluding diaryl/α,β-unsaturated/α-hetero) is 1. The molecule has 1 atom stereocenters. The Labute approximate surface area is 86.8 Å². The Kier molecular flexibility index (Phi) is 6.00. The highest BCUT2D eigenvalue weighted by Crippen LogP contribution is 2.08. The highest BCUT2D eigenvalue weighted by molar-refractivity contribution is 7.91. The zero-order valence-electron chi connectivity index (χ0n) is 9.25. The smallest absolute Gasteiger partial charge is 0.150 e. The first-order valence-corrected chi connectivity index (χ1v) is 6.98. The summed E-state index contributed by atoms with van der Waals surface area (Å²) in [7, 11) is -2.90. The molecule has 1 unspecified atom stereocenters. The maximum absolute atomic E-state index is 11.4. The van der Waals surface area contributed by atoms with Crippen LogP contribution in [0.15, 0.2) is 0 Å². The van der Waals surface area contributed by atoms with Crippen LogP contribution in [0.4, 0.5) is 0 Å². The van der Waals surface area contributed by atoms with Gasteiger partial charge in [0.05, 0.1) is 5.75 Å². The number of ketones is 1. The third-order valence-corrected chi connectivity index (χ3v) is 4.27. The zero-order valence-corrected chi connectivity index (χ0v) is 10.1. The standard InChI is InChI=1S/C10H20O3S/c1-4-9(3)10(11)7-6-8-14(12,13)5-2/h9H,4-8H2,1-3H3. The number of hydrogen-bond donors (Lipinski definition) is 0. The van der Waals surface area contributed by atoms with Crippen molar-refractivity contribution in [2.75, 3.05) is 11.5 Å². The number of carbonyl (C=O) groups is 1. The van der Waals surface area contributed by atoms with E-state index in [4.69, 9.17) is 0 Å². The van der Waals surface area contributed by atoms with E-state index in [0.717, 1.165) is 6.42 Å². The lowest BCUT2D eigenvalue weighted by Gasteiger charge is -2.06. The van der Waals surface area contributed by atoms with Crippen LogP contribution in [-0.4, -0.2) is 25.7 Å². The monoisotopic (exact) mass is 220 g/mol. The van der Waals surface area contributed by atoms with Gasteiger partial charge in [0.25, 0.3) is 0 Å². The van der Waals surface area contributed by atoms with Crippen molar-refractivity contribution in [1.82, 2.24) is 0 Å². The van der Waals surface area contributed by atoms with Crippen molar-refractivity contribution in [2.45, 2.75) is 40.0 Å². The molecule has 0 aromatic rings. The van der Waals surface area contributed by atoms with E-state index >= 15 is 0 Å². The van der Waals surface area contributed by atoms with Crippen LogP contribution in [0.3, 0.4) is 0 Å². The molecule has 14 heavy (non-hydrogen) atoms. The van der Waals surface area contributed by atoms with E-state index in [2.05, 4.69) is 0 Å². The van der Waals surface area contributed by atoms with Crippen molar-refractivity contribution < 1.29 is 13.2 Å². The van der Waals surface area contributed by atoms with Crippen molar-refractivity contribution in [3.63, 3.8) is 0 Å². The molecular formula is C10H20O3S. The van der Waals surface area contributed by atoms with E-state index in [1.165, 1.54) is 0 Å². The number of carbonyl (C=O) groups excluding carboxylic acids is 1. The molecular weight excluding hydrogens is 200 g/mol. The van der Waals surface area contributed by atoms with Gasteiger partial charge in [-0.25, -0.2) is 8.42 Å². The van der Waals surface area contributed by atoms with Crippen molar-refractivity contribution in [1.29, 1.82) is 0 Å². The van der Waals surface area contributed by atoms with Gasteiger partial charge in [-0.3, -0.25) is 4.79 Å². The van der Waals surface area contributed by atoms with Crippen LogP contribution in [-0.2, 0) is 14.6 Å². The van der Waals surface area contributed by atoms with Crippen LogP contribution in [0, 0.1) is 5.92 Å². The third-order valence-electron chi connectivity index (χ3n) is 2.48. The van der Waals surface area contributed by atoms with Crippen LogP contribution in [0.2, 0.25) is 0 Å². The lowest BCUT2D eigenvalue weighted by Crippen LogP contribution is -2.13. The van der Waals surface area contributed by atoms with Gasteiger partial charge in [-0.2, -0.15) is 0 Å². The molecule has 0 saturated carbocycles. The van der Waals surface area contributed by atoms with Crippen molar-refractivity contribution in [3.8, 4) is 0 Å². The lowest BCUT2D eigenvalue weighted by atomic mass is 10.0.